The van der Waals surface area contributed by atoms with Crippen LogP contribution in [0.1, 0.15) is 46.5 Å². The van der Waals surface area contributed by atoms with Crippen LogP contribution in [0.15, 0.2) is 0 Å². The van der Waals surface area contributed by atoms with Crippen LogP contribution >= 0.6 is 0 Å². The molecule has 2 N–H and O–H groups in total. The summed E-state index contributed by atoms with van der Waals surface area (Å²) in [7, 11) is 0. The third kappa shape index (κ3) is 3.06. The fourth-order valence-electron chi connectivity index (χ4n) is 3.72. The molecular weight excluding hydrogens is 222 g/mol. The molecule has 0 amide bonds. The van der Waals surface area contributed by atoms with Gasteiger partial charge < -0.3 is 5.73 Å². The van der Waals surface area contributed by atoms with E-state index in [9.17, 15) is 0 Å². The number of hydrogen-bond donors (Lipinski definition) is 1. The van der Waals surface area contributed by atoms with Gasteiger partial charge in [0, 0.05) is 25.2 Å². The molecular formula is C15H31N3. The van der Waals surface area contributed by atoms with Crippen LogP contribution in [-0.4, -0.2) is 54.6 Å². The van der Waals surface area contributed by atoms with Crippen LogP contribution in [-0.2, 0) is 0 Å². The van der Waals surface area contributed by atoms with Crippen molar-refractivity contribution < 1.29 is 0 Å². The zero-order valence-electron chi connectivity index (χ0n) is 12.5. The first-order chi connectivity index (χ1) is 8.57. The molecule has 2 atom stereocenters. The van der Waals surface area contributed by atoms with E-state index in [2.05, 4.69) is 30.6 Å². The maximum absolute atomic E-state index is 5.90. The molecule has 0 radical (unpaired) electrons. The molecule has 0 aromatic rings. The number of nitrogens with zero attached hydrogens (tertiary/aromatic N) is 2. The fraction of sp³-hybridized carbons (Fsp3) is 1.00. The Balaban J connectivity index is 1.99. The quantitative estimate of drug-likeness (QED) is 0.812. The molecule has 18 heavy (non-hydrogen) atoms. The molecule has 2 fully saturated rings. The fourth-order valence-corrected chi connectivity index (χ4v) is 3.72. The lowest BCUT2D eigenvalue weighted by Gasteiger charge is -2.40. The number of fused-ring (bicyclic) bond motifs is 1. The summed E-state index contributed by atoms with van der Waals surface area (Å²) < 4.78 is 0. The molecule has 2 aliphatic rings. The van der Waals surface area contributed by atoms with Crippen molar-refractivity contribution in [3.8, 4) is 0 Å². The van der Waals surface area contributed by atoms with E-state index < -0.39 is 0 Å². The molecule has 0 aromatic heterocycles. The summed E-state index contributed by atoms with van der Waals surface area (Å²) in [6.45, 7) is 12.6. The van der Waals surface area contributed by atoms with Crippen LogP contribution < -0.4 is 5.73 Å². The Labute approximate surface area is 113 Å². The Morgan fingerprint density at radius 3 is 2.67 bits per heavy atom. The van der Waals surface area contributed by atoms with E-state index in [0.29, 0.717) is 0 Å². The maximum atomic E-state index is 5.90. The monoisotopic (exact) mass is 253 g/mol. The molecule has 0 aromatic carbocycles. The summed E-state index contributed by atoms with van der Waals surface area (Å²) in [6, 6.07) is 1.60. The van der Waals surface area contributed by atoms with Crippen LogP contribution in [0.25, 0.3) is 0 Å². The molecule has 0 bridgehead atoms. The van der Waals surface area contributed by atoms with Gasteiger partial charge in [-0.2, -0.15) is 0 Å². The van der Waals surface area contributed by atoms with Crippen LogP contribution in [0.5, 0.6) is 0 Å². The van der Waals surface area contributed by atoms with Crippen LogP contribution in [0.4, 0.5) is 0 Å². The van der Waals surface area contributed by atoms with Crippen molar-refractivity contribution in [2.45, 2.75) is 58.5 Å². The lowest BCUT2D eigenvalue weighted by molar-refractivity contribution is 0.0890. The molecule has 2 rings (SSSR count). The predicted octanol–water partition coefficient (Wildman–Crippen LogP) is 1.92. The molecule has 2 aliphatic heterocycles. The van der Waals surface area contributed by atoms with E-state index >= 15 is 0 Å². The topological polar surface area (TPSA) is 32.5 Å². The predicted molar refractivity (Wildman–Crippen MR) is 77.7 cm³/mol. The van der Waals surface area contributed by atoms with Gasteiger partial charge in [0.05, 0.1) is 0 Å². The van der Waals surface area contributed by atoms with E-state index in [-0.39, 0.29) is 5.41 Å². The van der Waals surface area contributed by atoms with E-state index in [0.717, 1.165) is 25.2 Å². The highest BCUT2D eigenvalue weighted by molar-refractivity contribution is 4.96. The molecule has 2 saturated heterocycles. The number of nitrogens with two attached hydrogens (primary N) is 1. The van der Waals surface area contributed by atoms with Gasteiger partial charge in [-0.1, -0.05) is 27.2 Å². The van der Waals surface area contributed by atoms with Crippen molar-refractivity contribution in [2.75, 3.05) is 32.7 Å². The van der Waals surface area contributed by atoms with Crippen molar-refractivity contribution in [1.82, 2.24) is 9.80 Å². The summed E-state index contributed by atoms with van der Waals surface area (Å²) in [4.78, 5) is 5.43. The zero-order chi connectivity index (χ0) is 13.2. The van der Waals surface area contributed by atoms with Crippen LogP contribution in [0, 0.1) is 5.41 Å². The Morgan fingerprint density at radius 2 is 2.00 bits per heavy atom. The van der Waals surface area contributed by atoms with Crippen molar-refractivity contribution >= 4 is 0 Å². The summed E-state index contributed by atoms with van der Waals surface area (Å²) >= 11 is 0. The first-order valence-corrected chi connectivity index (χ1v) is 7.75. The Hall–Kier alpha value is -0.120. The SMILES string of the molecule is CCN(CC(C)(C)CN)C1CCN2CCCCC12. The molecule has 0 spiro atoms. The number of rotatable bonds is 5. The second kappa shape index (κ2) is 5.89. The first kappa shape index (κ1) is 14.3. The van der Waals surface area contributed by atoms with Crippen LogP contribution in [0.3, 0.4) is 0 Å². The summed E-state index contributed by atoms with van der Waals surface area (Å²) in [6.07, 6.45) is 5.60. The number of hydrogen-bond acceptors (Lipinski definition) is 3. The minimum Gasteiger partial charge on any atom is -0.330 e. The third-order valence-electron chi connectivity index (χ3n) is 4.88. The second-order valence-electron chi connectivity index (χ2n) is 6.89. The highest BCUT2D eigenvalue weighted by Gasteiger charge is 2.39. The average Bonchev–Trinajstić information content (AvgIpc) is 2.80. The molecule has 106 valence electrons. The van der Waals surface area contributed by atoms with Gasteiger partial charge in [-0.25, -0.2) is 0 Å². The van der Waals surface area contributed by atoms with Gasteiger partial charge >= 0.3 is 0 Å². The van der Waals surface area contributed by atoms with E-state index in [4.69, 9.17) is 5.73 Å². The molecule has 0 aliphatic carbocycles. The highest BCUT2D eigenvalue weighted by Crippen LogP contribution is 2.31. The van der Waals surface area contributed by atoms with Gasteiger partial charge in [0.1, 0.15) is 0 Å². The molecule has 3 nitrogen and oxygen atoms in total. The van der Waals surface area contributed by atoms with E-state index in [1.165, 1.54) is 45.3 Å². The van der Waals surface area contributed by atoms with Crippen LogP contribution in [0.2, 0.25) is 0 Å². The van der Waals surface area contributed by atoms with Crippen molar-refractivity contribution in [3.63, 3.8) is 0 Å². The normalized spacial score (nSPS) is 29.8. The zero-order valence-corrected chi connectivity index (χ0v) is 12.5. The van der Waals surface area contributed by atoms with Gasteiger partial charge in [0.25, 0.3) is 0 Å². The number of piperidine rings is 1. The Morgan fingerprint density at radius 1 is 1.22 bits per heavy atom. The van der Waals surface area contributed by atoms with Gasteiger partial charge in [0.2, 0.25) is 0 Å². The highest BCUT2D eigenvalue weighted by atomic mass is 15.3. The van der Waals surface area contributed by atoms with Gasteiger partial charge in [-0.05, 0) is 44.3 Å². The summed E-state index contributed by atoms with van der Waals surface area (Å²) in [5.74, 6) is 0. The molecule has 0 saturated carbocycles. The standard InChI is InChI=1S/C15H31N3/c1-4-17(12-15(2,3)11-16)14-8-10-18-9-6-5-7-13(14)18/h13-14H,4-12,16H2,1-3H3. The van der Waals surface area contributed by atoms with Crippen molar-refractivity contribution in [2.24, 2.45) is 11.1 Å². The second-order valence-corrected chi connectivity index (χ2v) is 6.89. The van der Waals surface area contributed by atoms with E-state index in [1.54, 1.807) is 0 Å². The minimum atomic E-state index is 0.248. The lowest BCUT2D eigenvalue weighted by Crippen LogP contribution is -2.50. The smallest absolute Gasteiger partial charge is 0.0263 e. The molecule has 2 unspecified atom stereocenters. The average molecular weight is 253 g/mol. The lowest BCUT2D eigenvalue weighted by atomic mass is 9.90. The first-order valence-electron chi connectivity index (χ1n) is 7.75. The largest absolute Gasteiger partial charge is 0.330 e. The molecule has 3 heteroatoms. The van der Waals surface area contributed by atoms with Crippen molar-refractivity contribution in [3.05, 3.63) is 0 Å². The summed E-state index contributed by atoms with van der Waals surface area (Å²) in [5.41, 5.74) is 6.15. The molecule has 2 heterocycles. The van der Waals surface area contributed by atoms with E-state index in [1.807, 2.05) is 0 Å². The van der Waals surface area contributed by atoms with Gasteiger partial charge in [-0.15, -0.1) is 0 Å². The van der Waals surface area contributed by atoms with Crippen molar-refractivity contribution in [1.29, 1.82) is 0 Å². The summed E-state index contributed by atoms with van der Waals surface area (Å²) in [5, 5.41) is 0. The van der Waals surface area contributed by atoms with Gasteiger partial charge in [0.15, 0.2) is 0 Å². The van der Waals surface area contributed by atoms with Gasteiger partial charge in [-0.3, -0.25) is 9.80 Å². The third-order valence-corrected chi connectivity index (χ3v) is 4.88. The number of likely N-dealkylation sites (N-methyl/N-ethyl adjacent to an activating group) is 1. The minimum absolute atomic E-state index is 0.248. The maximum Gasteiger partial charge on any atom is 0.0263 e. The Kier molecular flexibility index (Phi) is 4.68. The Bertz CT molecular complexity index is 264.